The number of halogens is 2. The third-order valence-electron chi connectivity index (χ3n) is 5.79. The molecule has 2 amide bonds. The second-order valence-electron chi connectivity index (χ2n) is 7.61. The van der Waals surface area contributed by atoms with Crippen LogP contribution in [0.4, 0.5) is 20.2 Å². The number of nitrogens with zero attached hydrogens (tertiary/aromatic N) is 2. The summed E-state index contributed by atoms with van der Waals surface area (Å²) in [5.74, 6) is -3.67. The SMILES string of the molecule is O=C1CS(=O)(=O)[C@@]2(C(=O)N(Cc3ccccc3F)c3ccccc32)N1c1ccc(F)cc1. The van der Waals surface area contributed by atoms with Gasteiger partial charge in [0.15, 0.2) is 9.84 Å². The minimum Gasteiger partial charge on any atom is -0.304 e. The van der Waals surface area contributed by atoms with Crippen molar-refractivity contribution in [3.05, 3.63) is 95.6 Å². The van der Waals surface area contributed by atoms with Crippen LogP contribution < -0.4 is 9.80 Å². The molecule has 0 saturated carbocycles. The van der Waals surface area contributed by atoms with Crippen LogP contribution in [0.3, 0.4) is 0 Å². The zero-order valence-electron chi connectivity index (χ0n) is 16.5. The van der Waals surface area contributed by atoms with E-state index in [1.807, 2.05) is 0 Å². The summed E-state index contributed by atoms with van der Waals surface area (Å²) in [4.78, 5) is 26.6. The van der Waals surface area contributed by atoms with Gasteiger partial charge in [0.25, 0.3) is 10.8 Å². The Morgan fingerprint density at radius 3 is 2.25 bits per heavy atom. The third-order valence-corrected chi connectivity index (χ3v) is 7.90. The van der Waals surface area contributed by atoms with Crippen LogP contribution in [0.1, 0.15) is 11.1 Å². The summed E-state index contributed by atoms with van der Waals surface area (Å²) in [7, 11) is -4.34. The topological polar surface area (TPSA) is 74.8 Å². The molecular weight excluding hydrogens is 438 g/mol. The molecule has 2 heterocycles. The summed E-state index contributed by atoms with van der Waals surface area (Å²) in [6.45, 7) is -0.217. The lowest BCUT2D eigenvalue weighted by Gasteiger charge is -2.32. The number of amides is 2. The third kappa shape index (κ3) is 2.64. The number of fused-ring (bicyclic) bond motifs is 2. The predicted octanol–water partition coefficient (Wildman–Crippen LogP) is 3.13. The van der Waals surface area contributed by atoms with Crippen LogP contribution in [0.25, 0.3) is 0 Å². The molecule has 32 heavy (non-hydrogen) atoms. The van der Waals surface area contributed by atoms with Gasteiger partial charge < -0.3 is 4.90 Å². The first kappa shape index (κ1) is 20.3. The molecule has 0 radical (unpaired) electrons. The van der Waals surface area contributed by atoms with Gasteiger partial charge in [0.2, 0.25) is 5.91 Å². The number of rotatable bonds is 3. The Morgan fingerprint density at radius 2 is 1.53 bits per heavy atom. The highest BCUT2D eigenvalue weighted by atomic mass is 32.2. The van der Waals surface area contributed by atoms with Crippen molar-refractivity contribution in [3.8, 4) is 0 Å². The Bertz CT molecular complexity index is 1370. The van der Waals surface area contributed by atoms with Crippen molar-refractivity contribution in [1.29, 1.82) is 0 Å². The Morgan fingerprint density at radius 1 is 0.875 bits per heavy atom. The first-order chi connectivity index (χ1) is 15.3. The van der Waals surface area contributed by atoms with Crippen molar-refractivity contribution in [2.24, 2.45) is 0 Å². The Balaban J connectivity index is 1.74. The largest absolute Gasteiger partial charge is 0.304 e. The number of benzene rings is 3. The molecule has 2 aliphatic rings. The Labute approximate surface area is 182 Å². The molecule has 1 saturated heterocycles. The fourth-order valence-electron chi connectivity index (χ4n) is 4.44. The highest BCUT2D eigenvalue weighted by Crippen LogP contribution is 2.52. The second kappa shape index (κ2) is 6.96. The maximum Gasteiger partial charge on any atom is 0.274 e. The van der Waals surface area contributed by atoms with E-state index in [-0.39, 0.29) is 29.0 Å². The number of para-hydroxylation sites is 1. The van der Waals surface area contributed by atoms with E-state index >= 15 is 0 Å². The van der Waals surface area contributed by atoms with Crippen molar-refractivity contribution in [2.45, 2.75) is 11.4 Å². The number of anilines is 2. The van der Waals surface area contributed by atoms with Crippen LogP contribution in [0, 0.1) is 11.6 Å². The van der Waals surface area contributed by atoms with Crippen molar-refractivity contribution in [3.63, 3.8) is 0 Å². The van der Waals surface area contributed by atoms with E-state index in [0.29, 0.717) is 0 Å². The number of hydrogen-bond donors (Lipinski definition) is 0. The molecule has 5 rings (SSSR count). The van der Waals surface area contributed by atoms with E-state index in [0.717, 1.165) is 17.0 Å². The number of carbonyl (C=O) groups excluding carboxylic acids is 2. The van der Waals surface area contributed by atoms with E-state index in [1.54, 1.807) is 24.3 Å². The van der Waals surface area contributed by atoms with Crippen LogP contribution in [-0.2, 0) is 30.8 Å². The summed E-state index contributed by atoms with van der Waals surface area (Å²) in [5.41, 5.74) is 0.652. The first-order valence-corrected chi connectivity index (χ1v) is 11.4. The minimum absolute atomic E-state index is 0.0772. The fourth-order valence-corrected chi connectivity index (χ4v) is 6.47. The summed E-state index contributed by atoms with van der Waals surface area (Å²) in [5, 5.41) is 0. The number of hydrogen-bond acceptors (Lipinski definition) is 4. The number of carbonyl (C=O) groups is 2. The van der Waals surface area contributed by atoms with Gasteiger partial charge >= 0.3 is 0 Å². The van der Waals surface area contributed by atoms with Crippen molar-refractivity contribution >= 4 is 33.0 Å². The molecular formula is C23H16F2N2O4S. The molecule has 0 unspecified atom stereocenters. The van der Waals surface area contributed by atoms with Gasteiger partial charge in [0.1, 0.15) is 17.4 Å². The van der Waals surface area contributed by atoms with Gasteiger partial charge in [-0.25, -0.2) is 17.2 Å². The van der Waals surface area contributed by atoms with Crippen LogP contribution in [0.5, 0.6) is 0 Å². The van der Waals surface area contributed by atoms with Crippen molar-refractivity contribution in [2.75, 3.05) is 15.6 Å². The molecule has 0 N–H and O–H groups in total. The molecule has 1 fully saturated rings. The van der Waals surface area contributed by atoms with Gasteiger partial charge in [-0.3, -0.25) is 14.5 Å². The lowest BCUT2D eigenvalue weighted by atomic mass is 10.0. The fraction of sp³-hybridized carbons (Fsp3) is 0.130. The lowest BCUT2D eigenvalue weighted by molar-refractivity contribution is -0.123. The van der Waals surface area contributed by atoms with Gasteiger partial charge in [-0.05, 0) is 36.4 Å². The van der Waals surface area contributed by atoms with Gasteiger partial charge in [-0.1, -0.05) is 36.4 Å². The molecule has 3 aromatic rings. The minimum atomic E-state index is -4.34. The van der Waals surface area contributed by atoms with E-state index in [4.69, 9.17) is 0 Å². The number of sulfone groups is 1. The van der Waals surface area contributed by atoms with Gasteiger partial charge in [-0.15, -0.1) is 0 Å². The van der Waals surface area contributed by atoms with Crippen molar-refractivity contribution < 1.29 is 26.8 Å². The van der Waals surface area contributed by atoms with E-state index in [1.165, 1.54) is 41.3 Å². The monoisotopic (exact) mass is 454 g/mol. The smallest absolute Gasteiger partial charge is 0.274 e. The van der Waals surface area contributed by atoms with Gasteiger partial charge in [-0.2, -0.15) is 0 Å². The molecule has 1 atom stereocenters. The van der Waals surface area contributed by atoms with Gasteiger partial charge in [0.05, 0.1) is 12.2 Å². The summed E-state index contributed by atoms with van der Waals surface area (Å²) in [6.07, 6.45) is 0. The zero-order valence-corrected chi connectivity index (χ0v) is 17.4. The molecule has 0 bridgehead atoms. The van der Waals surface area contributed by atoms with Crippen LogP contribution in [0.15, 0.2) is 72.8 Å². The molecule has 0 aromatic heterocycles. The maximum atomic E-state index is 14.4. The summed E-state index contributed by atoms with van der Waals surface area (Å²) < 4.78 is 54.7. The molecule has 3 aromatic carbocycles. The lowest BCUT2D eigenvalue weighted by Crippen LogP contribution is -2.54. The quantitative estimate of drug-likeness (QED) is 0.610. The van der Waals surface area contributed by atoms with Crippen LogP contribution >= 0.6 is 0 Å². The Kier molecular flexibility index (Phi) is 4.42. The zero-order chi connectivity index (χ0) is 22.7. The van der Waals surface area contributed by atoms with E-state index in [2.05, 4.69) is 0 Å². The molecule has 6 nitrogen and oxygen atoms in total. The highest BCUT2D eigenvalue weighted by Gasteiger charge is 2.69. The van der Waals surface area contributed by atoms with E-state index < -0.39 is 43.9 Å². The maximum absolute atomic E-state index is 14.4. The van der Waals surface area contributed by atoms with Crippen LogP contribution in [-0.4, -0.2) is 26.0 Å². The average Bonchev–Trinajstić information content (AvgIpc) is 3.13. The predicted molar refractivity (Wildman–Crippen MR) is 113 cm³/mol. The highest BCUT2D eigenvalue weighted by molar-refractivity contribution is 7.94. The molecule has 0 aliphatic carbocycles. The summed E-state index contributed by atoms with van der Waals surface area (Å²) in [6, 6.07) is 16.8. The normalized spacial score (nSPS) is 21.4. The first-order valence-electron chi connectivity index (χ1n) is 9.73. The van der Waals surface area contributed by atoms with Gasteiger partial charge in [0, 0.05) is 16.8 Å². The second-order valence-corrected chi connectivity index (χ2v) is 9.72. The molecule has 162 valence electrons. The van der Waals surface area contributed by atoms with Crippen LogP contribution in [0.2, 0.25) is 0 Å². The Hall–Kier alpha value is -3.59. The summed E-state index contributed by atoms with van der Waals surface area (Å²) >= 11 is 0. The van der Waals surface area contributed by atoms with E-state index in [9.17, 15) is 26.8 Å². The average molecular weight is 454 g/mol. The van der Waals surface area contributed by atoms with Crippen molar-refractivity contribution in [1.82, 2.24) is 0 Å². The molecule has 1 spiro atoms. The standard InChI is InChI=1S/C23H16F2N2O4S/c24-16-9-11-17(12-10-16)27-21(28)14-32(30,31)23(27)18-6-2-4-8-20(18)26(22(23)29)13-15-5-1-3-7-19(15)25/h1-12H,13-14H2/t23-/m0/s1. The molecule has 2 aliphatic heterocycles. The molecule has 9 heteroatoms.